The summed E-state index contributed by atoms with van der Waals surface area (Å²) in [4.78, 5) is 10.0. The molecule has 0 unspecified atom stereocenters. The summed E-state index contributed by atoms with van der Waals surface area (Å²) < 4.78 is 1.19. The zero-order chi connectivity index (χ0) is 40.6. The Morgan fingerprint density at radius 1 is 0.466 bits per heavy atom. The van der Waals surface area contributed by atoms with Gasteiger partial charge in [-0.15, -0.1) is 53.4 Å². The molecule has 58 heavy (non-hydrogen) atoms. The van der Waals surface area contributed by atoms with E-state index in [2.05, 4.69) is 135 Å². The molecule has 0 saturated heterocycles. The minimum absolute atomic E-state index is 0. The molecule has 0 amide bonds. The van der Waals surface area contributed by atoms with Crippen LogP contribution in [0.15, 0.2) is 170 Å². The van der Waals surface area contributed by atoms with Crippen molar-refractivity contribution in [3.63, 3.8) is 0 Å². The third-order valence-electron chi connectivity index (χ3n) is 9.63. The van der Waals surface area contributed by atoms with Gasteiger partial charge in [-0.25, -0.2) is 4.98 Å². The first-order chi connectivity index (χ1) is 27.3. The van der Waals surface area contributed by atoms with Crippen LogP contribution in [0, 0.1) is 20.8 Å². The molecule has 7 aromatic carbocycles. The van der Waals surface area contributed by atoms with Crippen LogP contribution in [0.2, 0.25) is 0 Å². The third kappa shape index (κ3) is 11.4. The molecule has 0 aliphatic heterocycles. The molecule has 0 fully saturated rings. The normalized spacial score (nSPS) is 11.0. The molecule has 2 aromatic heterocycles. The van der Waals surface area contributed by atoms with Gasteiger partial charge in [0.05, 0.1) is 10.2 Å². The smallest absolute Gasteiger partial charge is 0.655 e. The van der Waals surface area contributed by atoms with Crippen molar-refractivity contribution in [3.05, 3.63) is 218 Å². The second kappa shape index (κ2) is 19.4. The summed E-state index contributed by atoms with van der Waals surface area (Å²) in [5.41, 5.74) is 10.2. The van der Waals surface area contributed by atoms with Gasteiger partial charge in [-0.2, -0.15) is 73.9 Å². The fourth-order valence-electron chi connectivity index (χ4n) is 6.36. The standard InChI is InChI=1S/C33H31N2S.3C7H7.Zr/c1-32(2,3)22-13-11-20-17-21-12-14-23(33(4,5)6)19-25(21)30(24(20)18-22)27-15-16-28(34-27)31-35-26-9-7-8-10-29(26)36-31;3*1-7-5-3-2-4-6-7;/h7-19H,1-6H3;3*2-6H,1H2;/q4*-1;+4. The van der Waals surface area contributed by atoms with Gasteiger partial charge in [0.1, 0.15) is 5.01 Å². The quantitative estimate of drug-likeness (QED) is 0.128. The molecule has 0 saturated carbocycles. The Balaban J connectivity index is 0.000000235. The van der Waals surface area contributed by atoms with Crippen LogP contribution in [0.4, 0.5) is 0 Å². The summed E-state index contributed by atoms with van der Waals surface area (Å²) in [6.45, 7) is 24.8. The Bertz CT molecular complexity index is 2470. The minimum atomic E-state index is 0. The maximum Gasteiger partial charge on any atom is 4.00 e. The Labute approximate surface area is 369 Å². The molecule has 0 aliphatic rings. The number of aromatic nitrogens is 2. The molecule has 2 heterocycles. The zero-order valence-corrected chi connectivity index (χ0v) is 37.9. The molecule has 0 radical (unpaired) electrons. The Hall–Kier alpha value is -5.28. The van der Waals surface area contributed by atoms with Crippen molar-refractivity contribution >= 4 is 43.1 Å². The van der Waals surface area contributed by atoms with Crippen LogP contribution in [0.3, 0.4) is 0 Å². The summed E-state index contributed by atoms with van der Waals surface area (Å²) in [5.74, 6) is 0. The molecular formula is C54H52N2SZr. The van der Waals surface area contributed by atoms with Gasteiger partial charge in [0.2, 0.25) is 0 Å². The van der Waals surface area contributed by atoms with E-state index in [1.165, 1.54) is 42.9 Å². The molecule has 0 bridgehead atoms. The van der Waals surface area contributed by atoms with Gasteiger partial charge < -0.3 is 4.98 Å². The molecule has 2 nitrogen and oxygen atoms in total. The summed E-state index contributed by atoms with van der Waals surface area (Å²) in [5, 5.41) is 5.99. The fraction of sp³-hybridized carbons (Fsp3) is 0.148. The Morgan fingerprint density at radius 3 is 1.28 bits per heavy atom. The van der Waals surface area contributed by atoms with Crippen LogP contribution < -0.4 is 4.98 Å². The molecule has 4 heteroatoms. The van der Waals surface area contributed by atoms with Crippen LogP contribution >= 0.6 is 11.3 Å². The summed E-state index contributed by atoms with van der Waals surface area (Å²) in [6.07, 6.45) is 0. The maximum absolute atomic E-state index is 5.18. The molecule has 0 aliphatic carbocycles. The number of rotatable bonds is 2. The number of hydrogen-bond donors (Lipinski definition) is 0. The fourth-order valence-corrected chi connectivity index (χ4v) is 7.29. The van der Waals surface area contributed by atoms with Crippen LogP contribution in [-0.4, -0.2) is 4.98 Å². The van der Waals surface area contributed by atoms with Gasteiger partial charge >= 0.3 is 26.2 Å². The van der Waals surface area contributed by atoms with E-state index < -0.39 is 0 Å². The maximum atomic E-state index is 5.18. The van der Waals surface area contributed by atoms with E-state index in [-0.39, 0.29) is 37.0 Å². The number of hydrogen-bond acceptors (Lipinski definition) is 2. The summed E-state index contributed by atoms with van der Waals surface area (Å²) in [6, 6.07) is 58.4. The molecule has 288 valence electrons. The van der Waals surface area contributed by atoms with E-state index in [1.54, 1.807) is 11.3 Å². The molecule has 0 N–H and O–H groups in total. The van der Waals surface area contributed by atoms with Crippen LogP contribution in [0.25, 0.3) is 53.7 Å². The first-order valence-corrected chi connectivity index (χ1v) is 20.2. The number of thiazole rings is 1. The monoisotopic (exact) mass is 850 g/mol. The van der Waals surface area contributed by atoms with E-state index in [9.17, 15) is 0 Å². The van der Waals surface area contributed by atoms with Gasteiger partial charge in [-0.05, 0) is 67.3 Å². The van der Waals surface area contributed by atoms with Gasteiger partial charge in [0.25, 0.3) is 0 Å². The second-order valence-electron chi connectivity index (χ2n) is 16.3. The van der Waals surface area contributed by atoms with Crippen molar-refractivity contribution in [2.75, 3.05) is 0 Å². The molecule has 0 spiro atoms. The largest absolute Gasteiger partial charge is 4.00 e. The number of para-hydroxylation sites is 1. The molecule has 9 rings (SSSR count). The van der Waals surface area contributed by atoms with E-state index in [4.69, 9.17) is 9.97 Å². The van der Waals surface area contributed by atoms with Crippen molar-refractivity contribution in [2.24, 2.45) is 0 Å². The Kier molecular flexibility index (Phi) is 14.7. The van der Waals surface area contributed by atoms with E-state index in [0.29, 0.717) is 0 Å². The van der Waals surface area contributed by atoms with Crippen molar-refractivity contribution in [2.45, 2.75) is 52.4 Å². The molecule has 0 atom stereocenters. The predicted octanol–water partition coefficient (Wildman–Crippen LogP) is 15.1. The first-order valence-electron chi connectivity index (χ1n) is 19.4. The summed E-state index contributed by atoms with van der Waals surface area (Å²) >= 11 is 1.70. The average molecular weight is 852 g/mol. The van der Waals surface area contributed by atoms with Crippen molar-refractivity contribution in [1.29, 1.82) is 0 Å². The Morgan fingerprint density at radius 2 is 0.879 bits per heavy atom. The van der Waals surface area contributed by atoms with Crippen molar-refractivity contribution < 1.29 is 26.2 Å². The average Bonchev–Trinajstić information content (AvgIpc) is 3.86. The SMILES string of the molecule is CC(C)(C)c1ccc2cc3ccc(C(C)(C)C)cc3c(-c3ccc(-c4nc5ccccc5s4)[n-]3)c2c1.[CH2-]c1ccccc1.[CH2-]c1ccccc1.[CH2-]c1ccccc1.[Zr+4]. The number of fused-ring (bicyclic) bond motifs is 3. The third-order valence-corrected chi connectivity index (χ3v) is 10.7. The molecular weight excluding hydrogens is 800 g/mol. The van der Waals surface area contributed by atoms with E-state index >= 15 is 0 Å². The topological polar surface area (TPSA) is 27.0 Å². The van der Waals surface area contributed by atoms with E-state index in [0.717, 1.165) is 38.6 Å². The second-order valence-corrected chi connectivity index (χ2v) is 17.3. The summed E-state index contributed by atoms with van der Waals surface area (Å²) in [7, 11) is 0. The number of nitrogens with zero attached hydrogens (tertiary/aromatic N) is 2. The van der Waals surface area contributed by atoms with Crippen LogP contribution in [0.5, 0.6) is 0 Å². The van der Waals surface area contributed by atoms with Crippen molar-refractivity contribution in [3.8, 4) is 22.0 Å². The molecule has 9 aromatic rings. The number of benzene rings is 7. The van der Waals surface area contributed by atoms with Gasteiger partial charge in [-0.3, -0.25) is 0 Å². The van der Waals surface area contributed by atoms with Crippen molar-refractivity contribution in [1.82, 2.24) is 9.97 Å². The zero-order valence-electron chi connectivity index (χ0n) is 34.6. The van der Waals surface area contributed by atoms with Gasteiger partial charge in [-0.1, -0.05) is 126 Å². The van der Waals surface area contributed by atoms with Gasteiger partial charge in [0.15, 0.2) is 0 Å². The first kappa shape index (κ1) is 43.8. The van der Waals surface area contributed by atoms with Crippen LogP contribution in [-0.2, 0) is 37.0 Å². The minimum Gasteiger partial charge on any atom is -0.655 e. The van der Waals surface area contributed by atoms with E-state index in [1.807, 2.05) is 97.1 Å². The van der Waals surface area contributed by atoms with Crippen LogP contribution in [0.1, 0.15) is 69.4 Å². The van der Waals surface area contributed by atoms with Gasteiger partial charge in [0, 0.05) is 0 Å². The predicted molar refractivity (Wildman–Crippen MR) is 249 cm³/mol.